The normalized spacial score (nSPS) is 10.8. The Kier molecular flexibility index (Phi) is 7.11. The predicted octanol–water partition coefficient (Wildman–Crippen LogP) is 2.97. The summed E-state index contributed by atoms with van der Waals surface area (Å²) < 4.78 is 16.8. The molecule has 0 amide bonds. The van der Waals surface area contributed by atoms with E-state index in [0.717, 1.165) is 6.08 Å². The molecule has 0 aromatic heterocycles. The van der Waals surface area contributed by atoms with Gasteiger partial charge in [0, 0.05) is 13.2 Å². The summed E-state index contributed by atoms with van der Waals surface area (Å²) in [5.41, 5.74) is 0.710. The van der Waals surface area contributed by atoms with Crippen molar-refractivity contribution in [2.45, 2.75) is 6.92 Å². The third-order valence-corrected chi connectivity index (χ3v) is 2.87. The van der Waals surface area contributed by atoms with Crippen molar-refractivity contribution >= 4 is 28.0 Å². The van der Waals surface area contributed by atoms with Crippen LogP contribution in [0.4, 0.5) is 0 Å². The third-order valence-electron chi connectivity index (χ3n) is 2.28. The number of carboxylic acids is 1. The first-order valence-electron chi connectivity index (χ1n) is 6.07. The van der Waals surface area contributed by atoms with E-state index in [9.17, 15) is 4.79 Å². The Balaban J connectivity index is 3.01. The molecule has 1 N–H and O–H groups in total. The van der Waals surface area contributed by atoms with Gasteiger partial charge in [0.15, 0.2) is 11.5 Å². The first kappa shape index (κ1) is 16.5. The van der Waals surface area contributed by atoms with Gasteiger partial charge < -0.3 is 19.3 Å². The summed E-state index contributed by atoms with van der Waals surface area (Å²) >= 11 is 3.40. The Hall–Kier alpha value is -1.53. The molecule has 0 aliphatic rings. The highest BCUT2D eigenvalue weighted by Crippen LogP contribution is 2.37. The maximum absolute atomic E-state index is 10.5. The van der Waals surface area contributed by atoms with Crippen LogP contribution in [0.1, 0.15) is 12.5 Å². The van der Waals surface area contributed by atoms with E-state index in [1.165, 1.54) is 6.08 Å². The smallest absolute Gasteiger partial charge is 0.328 e. The molecule has 0 unspecified atom stereocenters. The number of hydrogen-bond donors (Lipinski definition) is 1. The molecule has 0 aliphatic carbocycles. The monoisotopic (exact) mass is 344 g/mol. The van der Waals surface area contributed by atoms with E-state index in [4.69, 9.17) is 19.3 Å². The second kappa shape index (κ2) is 8.60. The van der Waals surface area contributed by atoms with Crippen molar-refractivity contribution in [2.24, 2.45) is 0 Å². The number of methoxy groups -OCH3 is 1. The minimum absolute atomic E-state index is 0.402. The van der Waals surface area contributed by atoms with Gasteiger partial charge in [-0.1, -0.05) is 0 Å². The van der Waals surface area contributed by atoms with Crippen LogP contribution in [0.25, 0.3) is 6.08 Å². The molecule has 1 rings (SSSR count). The first-order valence-corrected chi connectivity index (χ1v) is 6.86. The van der Waals surface area contributed by atoms with Crippen molar-refractivity contribution in [3.8, 4) is 11.5 Å². The van der Waals surface area contributed by atoms with Crippen molar-refractivity contribution in [1.82, 2.24) is 0 Å². The fourth-order valence-electron chi connectivity index (χ4n) is 1.48. The number of aliphatic carboxylic acids is 1. The summed E-state index contributed by atoms with van der Waals surface area (Å²) in [7, 11) is 1.60. The summed E-state index contributed by atoms with van der Waals surface area (Å²) in [6, 6.07) is 3.50. The molecule has 20 heavy (non-hydrogen) atoms. The summed E-state index contributed by atoms with van der Waals surface area (Å²) in [5.74, 6) is 0.138. The number of rotatable bonds is 8. The van der Waals surface area contributed by atoms with Gasteiger partial charge in [-0.2, -0.15) is 0 Å². The quantitative estimate of drug-likeness (QED) is 0.580. The maximum Gasteiger partial charge on any atom is 0.328 e. The standard InChI is InChI=1S/C14H17BrO5/c1-3-19-12-9-10(4-5-13(16)17)8-11(15)14(12)20-7-6-18-2/h4-5,8-9H,3,6-7H2,1-2H3,(H,16,17)/b5-4+. The highest BCUT2D eigenvalue weighted by atomic mass is 79.9. The SMILES string of the molecule is CCOc1cc(/C=C/C(=O)O)cc(Br)c1OCCOC. The fourth-order valence-corrected chi connectivity index (χ4v) is 2.06. The van der Waals surface area contributed by atoms with Crippen molar-refractivity contribution in [3.05, 3.63) is 28.2 Å². The Labute approximate surface area is 126 Å². The van der Waals surface area contributed by atoms with Crippen LogP contribution in [0.15, 0.2) is 22.7 Å². The summed E-state index contributed by atoms with van der Waals surface area (Å²) in [4.78, 5) is 10.5. The second-order valence-corrected chi connectivity index (χ2v) is 4.63. The van der Waals surface area contributed by atoms with E-state index < -0.39 is 5.97 Å². The van der Waals surface area contributed by atoms with Crippen molar-refractivity contribution < 1.29 is 24.1 Å². The van der Waals surface area contributed by atoms with Gasteiger partial charge in [-0.3, -0.25) is 0 Å². The van der Waals surface area contributed by atoms with Gasteiger partial charge in [0.05, 0.1) is 17.7 Å². The van der Waals surface area contributed by atoms with Gasteiger partial charge in [-0.15, -0.1) is 0 Å². The molecule has 0 bridgehead atoms. The number of hydrogen-bond acceptors (Lipinski definition) is 4. The Morgan fingerprint density at radius 3 is 2.70 bits per heavy atom. The van der Waals surface area contributed by atoms with E-state index in [2.05, 4.69) is 15.9 Å². The molecule has 0 spiro atoms. The van der Waals surface area contributed by atoms with E-state index in [1.807, 2.05) is 6.92 Å². The van der Waals surface area contributed by atoms with Gasteiger partial charge in [0.2, 0.25) is 0 Å². The van der Waals surface area contributed by atoms with Gasteiger partial charge in [-0.05, 0) is 46.6 Å². The second-order valence-electron chi connectivity index (χ2n) is 3.78. The first-order chi connectivity index (χ1) is 9.58. The largest absolute Gasteiger partial charge is 0.490 e. The molecular weight excluding hydrogens is 328 g/mol. The molecule has 0 radical (unpaired) electrons. The topological polar surface area (TPSA) is 65.0 Å². The van der Waals surface area contributed by atoms with Crippen LogP contribution in [0, 0.1) is 0 Å². The van der Waals surface area contributed by atoms with Crippen molar-refractivity contribution in [1.29, 1.82) is 0 Å². The number of ether oxygens (including phenoxy) is 3. The van der Waals surface area contributed by atoms with E-state index in [-0.39, 0.29) is 0 Å². The van der Waals surface area contributed by atoms with Crippen LogP contribution < -0.4 is 9.47 Å². The average molecular weight is 345 g/mol. The number of carbonyl (C=O) groups is 1. The lowest BCUT2D eigenvalue weighted by atomic mass is 10.2. The summed E-state index contributed by atoms with van der Waals surface area (Å²) in [6.45, 7) is 3.23. The van der Waals surface area contributed by atoms with Crippen LogP contribution in [0.3, 0.4) is 0 Å². The zero-order valence-corrected chi connectivity index (χ0v) is 13.0. The molecule has 5 nitrogen and oxygen atoms in total. The lowest BCUT2D eigenvalue weighted by molar-refractivity contribution is -0.131. The predicted molar refractivity (Wildman–Crippen MR) is 79.4 cm³/mol. The molecule has 1 aromatic carbocycles. The molecule has 110 valence electrons. The summed E-state index contributed by atoms with van der Waals surface area (Å²) in [5, 5.41) is 8.65. The Morgan fingerprint density at radius 1 is 1.35 bits per heavy atom. The number of halogens is 1. The molecule has 0 fully saturated rings. The average Bonchev–Trinajstić information content (AvgIpc) is 2.39. The number of benzene rings is 1. The molecule has 0 atom stereocenters. The van der Waals surface area contributed by atoms with Gasteiger partial charge in [0.1, 0.15) is 6.61 Å². The van der Waals surface area contributed by atoms with Crippen LogP contribution in [0.2, 0.25) is 0 Å². The lowest BCUT2D eigenvalue weighted by Crippen LogP contribution is -2.06. The Bertz CT molecular complexity index is 485. The third kappa shape index (κ3) is 5.22. The molecule has 1 aromatic rings. The zero-order chi connectivity index (χ0) is 15.0. The highest BCUT2D eigenvalue weighted by molar-refractivity contribution is 9.10. The summed E-state index contributed by atoms with van der Waals surface area (Å²) in [6.07, 6.45) is 2.57. The molecular formula is C14H17BrO5. The maximum atomic E-state index is 10.5. The van der Waals surface area contributed by atoms with E-state index >= 15 is 0 Å². The van der Waals surface area contributed by atoms with Crippen LogP contribution in [0.5, 0.6) is 11.5 Å². The minimum atomic E-state index is -1.00. The Morgan fingerprint density at radius 2 is 2.10 bits per heavy atom. The van der Waals surface area contributed by atoms with Crippen LogP contribution >= 0.6 is 15.9 Å². The molecule has 0 heterocycles. The highest BCUT2D eigenvalue weighted by Gasteiger charge is 2.11. The number of carboxylic acid groups (broad SMARTS) is 1. The minimum Gasteiger partial charge on any atom is -0.490 e. The zero-order valence-electron chi connectivity index (χ0n) is 11.4. The van der Waals surface area contributed by atoms with Crippen molar-refractivity contribution in [2.75, 3.05) is 26.9 Å². The molecule has 0 saturated heterocycles. The lowest BCUT2D eigenvalue weighted by Gasteiger charge is -2.14. The van der Waals surface area contributed by atoms with E-state index in [1.54, 1.807) is 19.2 Å². The van der Waals surface area contributed by atoms with Gasteiger partial charge >= 0.3 is 5.97 Å². The molecule has 0 saturated carbocycles. The van der Waals surface area contributed by atoms with Crippen LogP contribution in [-0.4, -0.2) is 38.0 Å². The van der Waals surface area contributed by atoms with Gasteiger partial charge in [0.25, 0.3) is 0 Å². The van der Waals surface area contributed by atoms with Crippen LogP contribution in [-0.2, 0) is 9.53 Å². The van der Waals surface area contributed by atoms with Crippen molar-refractivity contribution in [3.63, 3.8) is 0 Å². The van der Waals surface area contributed by atoms with Gasteiger partial charge in [-0.25, -0.2) is 4.79 Å². The molecule has 6 heteroatoms. The molecule has 0 aliphatic heterocycles. The fraction of sp³-hybridized carbons (Fsp3) is 0.357. The van der Waals surface area contributed by atoms with E-state index in [0.29, 0.717) is 41.4 Å².